The molecule has 1 aliphatic rings. The molecule has 1 saturated heterocycles. The zero-order valence-corrected chi connectivity index (χ0v) is 12.3. The molecule has 0 unspecified atom stereocenters. The Bertz CT molecular complexity index is 408. The molecule has 0 spiro atoms. The highest BCUT2D eigenvalue weighted by Crippen LogP contribution is 2.15. The Hall–Kier alpha value is -1.17. The first-order valence-electron chi connectivity index (χ1n) is 7.61. The van der Waals surface area contributed by atoms with Gasteiger partial charge < -0.3 is 14.6 Å². The predicted octanol–water partition coefficient (Wildman–Crippen LogP) is 2.07. The van der Waals surface area contributed by atoms with Crippen LogP contribution in [0.3, 0.4) is 0 Å². The zero-order chi connectivity index (χ0) is 14.9. The number of benzene rings is 1. The van der Waals surface area contributed by atoms with Crippen LogP contribution in [-0.2, 0) is 4.74 Å². The molecule has 1 heterocycles. The summed E-state index contributed by atoms with van der Waals surface area (Å²) in [7, 11) is 0. The van der Waals surface area contributed by atoms with E-state index in [9.17, 15) is 4.39 Å². The SMILES string of the molecule is OCCCOC1CCN(CCOc2cccc(F)c2)CC1. The van der Waals surface area contributed by atoms with E-state index in [2.05, 4.69) is 4.90 Å². The molecule has 0 aliphatic carbocycles. The number of rotatable bonds is 8. The number of nitrogens with zero attached hydrogens (tertiary/aromatic N) is 1. The summed E-state index contributed by atoms with van der Waals surface area (Å²) in [6.45, 7) is 4.24. The van der Waals surface area contributed by atoms with Crippen molar-refractivity contribution in [1.29, 1.82) is 0 Å². The summed E-state index contributed by atoms with van der Waals surface area (Å²) in [6, 6.07) is 6.24. The largest absolute Gasteiger partial charge is 0.492 e. The van der Waals surface area contributed by atoms with Gasteiger partial charge in [-0.15, -0.1) is 0 Å². The Morgan fingerprint density at radius 3 is 2.76 bits per heavy atom. The Labute approximate surface area is 125 Å². The van der Waals surface area contributed by atoms with Crippen molar-refractivity contribution in [1.82, 2.24) is 4.90 Å². The topological polar surface area (TPSA) is 41.9 Å². The minimum atomic E-state index is -0.270. The minimum Gasteiger partial charge on any atom is -0.492 e. The fraction of sp³-hybridized carbons (Fsp3) is 0.625. The van der Waals surface area contributed by atoms with Crippen molar-refractivity contribution in [2.45, 2.75) is 25.4 Å². The van der Waals surface area contributed by atoms with Gasteiger partial charge in [0.25, 0.3) is 0 Å². The Balaban J connectivity index is 1.58. The second-order valence-electron chi connectivity index (χ2n) is 5.29. The lowest BCUT2D eigenvalue weighted by molar-refractivity contribution is 0.000402. The lowest BCUT2D eigenvalue weighted by Gasteiger charge is -2.31. The summed E-state index contributed by atoms with van der Waals surface area (Å²) >= 11 is 0. The summed E-state index contributed by atoms with van der Waals surface area (Å²) in [4.78, 5) is 2.34. The van der Waals surface area contributed by atoms with Crippen LogP contribution in [0.25, 0.3) is 0 Å². The van der Waals surface area contributed by atoms with Crippen LogP contribution in [-0.4, -0.2) is 55.6 Å². The molecular weight excluding hydrogens is 273 g/mol. The van der Waals surface area contributed by atoms with Gasteiger partial charge in [0.2, 0.25) is 0 Å². The van der Waals surface area contributed by atoms with Crippen LogP contribution in [0.1, 0.15) is 19.3 Å². The lowest BCUT2D eigenvalue weighted by Crippen LogP contribution is -2.39. The van der Waals surface area contributed by atoms with E-state index in [1.165, 1.54) is 12.1 Å². The van der Waals surface area contributed by atoms with Crippen molar-refractivity contribution in [2.24, 2.45) is 0 Å². The number of ether oxygens (including phenoxy) is 2. The Morgan fingerprint density at radius 1 is 1.24 bits per heavy atom. The maximum absolute atomic E-state index is 13.0. The van der Waals surface area contributed by atoms with E-state index in [0.29, 0.717) is 31.5 Å². The fourth-order valence-corrected chi connectivity index (χ4v) is 2.46. The second-order valence-corrected chi connectivity index (χ2v) is 5.29. The summed E-state index contributed by atoms with van der Waals surface area (Å²) in [6.07, 6.45) is 3.07. The highest BCUT2D eigenvalue weighted by molar-refractivity contribution is 5.22. The van der Waals surface area contributed by atoms with E-state index in [-0.39, 0.29) is 12.4 Å². The maximum Gasteiger partial charge on any atom is 0.126 e. The zero-order valence-electron chi connectivity index (χ0n) is 12.3. The van der Waals surface area contributed by atoms with Gasteiger partial charge >= 0.3 is 0 Å². The highest BCUT2D eigenvalue weighted by atomic mass is 19.1. The van der Waals surface area contributed by atoms with Gasteiger partial charge in [-0.3, -0.25) is 4.90 Å². The average Bonchev–Trinajstić information content (AvgIpc) is 2.49. The molecule has 5 heteroatoms. The van der Waals surface area contributed by atoms with Crippen LogP contribution in [0, 0.1) is 5.82 Å². The molecule has 1 fully saturated rings. The molecule has 1 aliphatic heterocycles. The van der Waals surface area contributed by atoms with Gasteiger partial charge in [-0.05, 0) is 31.4 Å². The molecular formula is C16H24FNO3. The molecule has 21 heavy (non-hydrogen) atoms. The van der Waals surface area contributed by atoms with Crippen LogP contribution in [0.5, 0.6) is 5.75 Å². The number of hydrogen-bond acceptors (Lipinski definition) is 4. The highest BCUT2D eigenvalue weighted by Gasteiger charge is 2.19. The number of halogens is 1. The van der Waals surface area contributed by atoms with Gasteiger partial charge in [0.05, 0.1) is 6.10 Å². The first-order valence-corrected chi connectivity index (χ1v) is 7.61. The first-order chi connectivity index (χ1) is 10.3. The summed E-state index contributed by atoms with van der Waals surface area (Å²) in [5.41, 5.74) is 0. The van der Waals surface area contributed by atoms with E-state index >= 15 is 0 Å². The molecule has 1 aromatic rings. The lowest BCUT2D eigenvalue weighted by atomic mass is 10.1. The van der Waals surface area contributed by atoms with Crippen molar-refractivity contribution in [3.8, 4) is 5.75 Å². The van der Waals surface area contributed by atoms with E-state index in [1.54, 1.807) is 12.1 Å². The standard InChI is InChI=1S/C16H24FNO3/c17-14-3-1-4-16(13-14)21-12-9-18-7-5-15(6-8-18)20-11-2-10-19/h1,3-4,13,15,19H,2,5-12H2. The Kier molecular flexibility index (Phi) is 6.92. The van der Waals surface area contributed by atoms with Gasteiger partial charge in [0, 0.05) is 38.9 Å². The van der Waals surface area contributed by atoms with Gasteiger partial charge in [0.15, 0.2) is 0 Å². The van der Waals surface area contributed by atoms with Crippen molar-refractivity contribution < 1.29 is 19.0 Å². The van der Waals surface area contributed by atoms with E-state index < -0.39 is 0 Å². The molecule has 0 bridgehead atoms. The smallest absolute Gasteiger partial charge is 0.126 e. The van der Waals surface area contributed by atoms with Crippen molar-refractivity contribution in [2.75, 3.05) is 39.5 Å². The molecule has 0 amide bonds. The summed E-state index contributed by atoms with van der Waals surface area (Å²) in [5, 5.41) is 8.72. The van der Waals surface area contributed by atoms with E-state index in [1.807, 2.05) is 0 Å². The van der Waals surface area contributed by atoms with Crippen molar-refractivity contribution in [3.05, 3.63) is 30.1 Å². The minimum absolute atomic E-state index is 0.191. The number of piperidine rings is 1. The van der Waals surface area contributed by atoms with Crippen molar-refractivity contribution >= 4 is 0 Å². The molecule has 118 valence electrons. The third-order valence-electron chi connectivity index (χ3n) is 3.66. The Morgan fingerprint density at radius 2 is 2.05 bits per heavy atom. The normalized spacial score (nSPS) is 17.0. The van der Waals surface area contributed by atoms with Crippen LogP contribution in [0.15, 0.2) is 24.3 Å². The van der Waals surface area contributed by atoms with Crippen LogP contribution >= 0.6 is 0 Å². The van der Waals surface area contributed by atoms with Gasteiger partial charge in [-0.25, -0.2) is 4.39 Å². The molecule has 0 radical (unpaired) electrons. The third kappa shape index (κ3) is 5.99. The first kappa shape index (κ1) is 16.2. The van der Waals surface area contributed by atoms with Gasteiger partial charge in [0.1, 0.15) is 18.2 Å². The average molecular weight is 297 g/mol. The molecule has 1 N–H and O–H groups in total. The monoisotopic (exact) mass is 297 g/mol. The van der Waals surface area contributed by atoms with Gasteiger partial charge in [-0.2, -0.15) is 0 Å². The molecule has 4 nitrogen and oxygen atoms in total. The number of aliphatic hydroxyl groups is 1. The summed E-state index contributed by atoms with van der Waals surface area (Å²) < 4.78 is 24.3. The summed E-state index contributed by atoms with van der Waals surface area (Å²) in [5.74, 6) is 0.311. The molecule has 0 aromatic heterocycles. The predicted molar refractivity (Wildman–Crippen MR) is 79.0 cm³/mol. The molecule has 1 aromatic carbocycles. The fourth-order valence-electron chi connectivity index (χ4n) is 2.46. The van der Waals surface area contributed by atoms with E-state index in [0.717, 1.165) is 32.5 Å². The molecule has 0 atom stereocenters. The molecule has 2 rings (SSSR count). The van der Waals surface area contributed by atoms with Gasteiger partial charge in [-0.1, -0.05) is 6.07 Å². The number of hydrogen-bond donors (Lipinski definition) is 1. The van der Waals surface area contributed by atoms with Crippen LogP contribution in [0.4, 0.5) is 4.39 Å². The molecule has 0 saturated carbocycles. The number of aliphatic hydroxyl groups excluding tert-OH is 1. The van der Waals surface area contributed by atoms with Crippen LogP contribution in [0.2, 0.25) is 0 Å². The van der Waals surface area contributed by atoms with E-state index in [4.69, 9.17) is 14.6 Å². The second kappa shape index (κ2) is 8.97. The maximum atomic E-state index is 13.0. The quantitative estimate of drug-likeness (QED) is 0.746. The number of likely N-dealkylation sites (tertiary alicyclic amines) is 1. The third-order valence-corrected chi connectivity index (χ3v) is 3.66. The van der Waals surface area contributed by atoms with Crippen molar-refractivity contribution in [3.63, 3.8) is 0 Å². The van der Waals surface area contributed by atoms with Crippen LogP contribution < -0.4 is 4.74 Å².